The Balaban J connectivity index is 1.71. The second-order valence-corrected chi connectivity index (χ2v) is 5.63. The van der Waals surface area contributed by atoms with E-state index in [2.05, 4.69) is 15.1 Å². The molecule has 2 aliphatic heterocycles. The first-order valence-electron chi connectivity index (χ1n) is 7.35. The summed E-state index contributed by atoms with van der Waals surface area (Å²) in [6.45, 7) is 6.47. The molecule has 6 nitrogen and oxygen atoms in total. The topological polar surface area (TPSA) is 61.5 Å². The van der Waals surface area contributed by atoms with Crippen LogP contribution in [-0.2, 0) is 9.53 Å². The molecule has 20 heavy (non-hydrogen) atoms. The number of hydrogen-bond acceptors (Lipinski definition) is 4. The van der Waals surface area contributed by atoms with Crippen LogP contribution in [0.15, 0.2) is 6.20 Å². The Hall–Kier alpha value is -1.40. The number of morpholine rings is 1. The number of nitrogens with zero attached hydrogens (tertiary/aromatic N) is 3. The van der Waals surface area contributed by atoms with Crippen LogP contribution >= 0.6 is 0 Å². The normalized spacial score (nSPS) is 24.2. The van der Waals surface area contributed by atoms with E-state index in [4.69, 9.17) is 4.74 Å². The van der Waals surface area contributed by atoms with Gasteiger partial charge in [0.1, 0.15) is 0 Å². The van der Waals surface area contributed by atoms with Crippen LogP contribution in [0.4, 0.5) is 0 Å². The van der Waals surface area contributed by atoms with Gasteiger partial charge in [-0.05, 0) is 38.4 Å². The number of hydrogen-bond donors (Lipinski definition) is 1. The van der Waals surface area contributed by atoms with Crippen molar-refractivity contribution in [1.82, 2.24) is 20.0 Å². The highest BCUT2D eigenvalue weighted by Crippen LogP contribution is 2.25. The summed E-state index contributed by atoms with van der Waals surface area (Å²) in [5.41, 5.74) is 2.08. The van der Waals surface area contributed by atoms with Gasteiger partial charge in [-0.2, -0.15) is 5.10 Å². The molecule has 0 spiro atoms. The zero-order valence-electron chi connectivity index (χ0n) is 12.0. The minimum Gasteiger partial charge on any atom is -0.377 e. The molecule has 3 rings (SSSR count). The Morgan fingerprint density at radius 1 is 1.45 bits per heavy atom. The molecule has 0 aliphatic carbocycles. The maximum absolute atomic E-state index is 12.6. The molecule has 2 fully saturated rings. The van der Waals surface area contributed by atoms with Crippen molar-refractivity contribution in [2.24, 2.45) is 0 Å². The zero-order chi connectivity index (χ0) is 13.9. The lowest BCUT2D eigenvalue weighted by molar-refractivity contribution is -0.141. The number of rotatable bonds is 3. The largest absolute Gasteiger partial charge is 0.377 e. The van der Waals surface area contributed by atoms with Crippen molar-refractivity contribution < 1.29 is 9.53 Å². The number of ether oxygens (including phenoxy) is 1. The Bertz CT molecular complexity index is 467. The molecule has 0 saturated carbocycles. The SMILES string of the molecule is Cc1cn[nH]c1C1COCCN1C(=O)CN1CCCC1. The summed E-state index contributed by atoms with van der Waals surface area (Å²) in [6.07, 6.45) is 4.21. The molecule has 110 valence electrons. The molecule has 1 unspecified atom stereocenters. The van der Waals surface area contributed by atoms with Gasteiger partial charge in [0.05, 0.1) is 37.7 Å². The highest BCUT2D eigenvalue weighted by molar-refractivity contribution is 5.79. The van der Waals surface area contributed by atoms with E-state index in [9.17, 15) is 4.79 Å². The summed E-state index contributed by atoms with van der Waals surface area (Å²) in [4.78, 5) is 16.8. The van der Waals surface area contributed by atoms with Crippen molar-refractivity contribution in [3.63, 3.8) is 0 Å². The fraction of sp³-hybridized carbons (Fsp3) is 0.714. The summed E-state index contributed by atoms with van der Waals surface area (Å²) in [6, 6.07) is -0.0265. The minimum atomic E-state index is -0.0265. The molecule has 1 N–H and O–H groups in total. The number of amides is 1. The van der Waals surface area contributed by atoms with Crippen LogP contribution in [0, 0.1) is 6.92 Å². The zero-order valence-corrected chi connectivity index (χ0v) is 12.0. The molecular formula is C14H22N4O2. The van der Waals surface area contributed by atoms with Crippen molar-refractivity contribution >= 4 is 5.91 Å². The highest BCUT2D eigenvalue weighted by atomic mass is 16.5. The van der Waals surface area contributed by atoms with Crippen LogP contribution in [0.2, 0.25) is 0 Å². The Kier molecular flexibility index (Phi) is 4.03. The van der Waals surface area contributed by atoms with Gasteiger partial charge in [0.25, 0.3) is 0 Å². The molecule has 2 saturated heterocycles. The van der Waals surface area contributed by atoms with Crippen molar-refractivity contribution in [2.45, 2.75) is 25.8 Å². The van der Waals surface area contributed by atoms with Crippen LogP contribution in [0.25, 0.3) is 0 Å². The van der Waals surface area contributed by atoms with E-state index in [0.717, 1.165) is 24.3 Å². The van der Waals surface area contributed by atoms with Crippen LogP contribution in [0.5, 0.6) is 0 Å². The quantitative estimate of drug-likeness (QED) is 0.885. The summed E-state index contributed by atoms with van der Waals surface area (Å²) < 4.78 is 5.56. The van der Waals surface area contributed by atoms with E-state index >= 15 is 0 Å². The van der Waals surface area contributed by atoms with Crippen molar-refractivity contribution in [3.05, 3.63) is 17.5 Å². The van der Waals surface area contributed by atoms with Gasteiger partial charge in [0.15, 0.2) is 0 Å². The van der Waals surface area contributed by atoms with Crippen molar-refractivity contribution in [3.8, 4) is 0 Å². The number of aromatic nitrogens is 2. The van der Waals surface area contributed by atoms with Crippen LogP contribution in [0.3, 0.4) is 0 Å². The van der Waals surface area contributed by atoms with E-state index < -0.39 is 0 Å². The average molecular weight is 278 g/mol. The van der Waals surface area contributed by atoms with Crippen molar-refractivity contribution in [1.29, 1.82) is 0 Å². The minimum absolute atomic E-state index is 0.0265. The predicted octanol–water partition coefficient (Wildman–Crippen LogP) is 0.714. The molecule has 1 aromatic rings. The first-order valence-corrected chi connectivity index (χ1v) is 7.35. The number of carbonyl (C=O) groups is 1. The summed E-state index contributed by atoms with van der Waals surface area (Å²) in [5.74, 6) is 0.203. The Morgan fingerprint density at radius 2 is 2.25 bits per heavy atom. The highest BCUT2D eigenvalue weighted by Gasteiger charge is 2.31. The van der Waals surface area contributed by atoms with E-state index in [1.54, 1.807) is 6.20 Å². The lowest BCUT2D eigenvalue weighted by Gasteiger charge is -2.36. The number of nitrogens with one attached hydrogen (secondary N) is 1. The Morgan fingerprint density at radius 3 is 2.95 bits per heavy atom. The molecule has 3 heterocycles. The second-order valence-electron chi connectivity index (χ2n) is 5.63. The average Bonchev–Trinajstić information content (AvgIpc) is 3.10. The molecule has 0 aromatic carbocycles. The van der Waals surface area contributed by atoms with Crippen LogP contribution in [0.1, 0.15) is 30.1 Å². The number of aromatic amines is 1. The first kappa shape index (κ1) is 13.6. The maximum atomic E-state index is 12.6. The standard InChI is InChI=1S/C14H22N4O2/c1-11-8-15-16-14(11)12-10-20-7-6-18(12)13(19)9-17-4-2-3-5-17/h8,12H,2-7,9-10H2,1H3,(H,15,16). The summed E-state index contributed by atoms with van der Waals surface area (Å²) >= 11 is 0. The lowest BCUT2D eigenvalue weighted by atomic mass is 10.1. The molecule has 1 atom stereocenters. The molecule has 1 aromatic heterocycles. The molecule has 2 aliphatic rings. The van der Waals surface area contributed by atoms with Gasteiger partial charge in [0, 0.05) is 6.54 Å². The third-order valence-electron chi connectivity index (χ3n) is 4.21. The molecule has 0 radical (unpaired) electrons. The predicted molar refractivity (Wildman–Crippen MR) is 74.3 cm³/mol. The molecule has 0 bridgehead atoms. The monoisotopic (exact) mass is 278 g/mol. The maximum Gasteiger partial charge on any atom is 0.237 e. The fourth-order valence-electron chi connectivity index (χ4n) is 3.06. The fourth-order valence-corrected chi connectivity index (χ4v) is 3.06. The summed E-state index contributed by atoms with van der Waals surface area (Å²) in [7, 11) is 0. The van der Waals surface area contributed by atoms with E-state index in [1.165, 1.54) is 12.8 Å². The van der Waals surface area contributed by atoms with E-state index in [-0.39, 0.29) is 11.9 Å². The van der Waals surface area contributed by atoms with Gasteiger partial charge in [-0.1, -0.05) is 0 Å². The third-order valence-corrected chi connectivity index (χ3v) is 4.21. The van der Waals surface area contributed by atoms with E-state index in [0.29, 0.717) is 26.3 Å². The Labute approximate surface area is 119 Å². The van der Waals surface area contributed by atoms with E-state index in [1.807, 2.05) is 11.8 Å². The van der Waals surface area contributed by atoms with Gasteiger partial charge >= 0.3 is 0 Å². The number of carbonyl (C=O) groups excluding carboxylic acids is 1. The van der Waals surface area contributed by atoms with Gasteiger partial charge in [-0.25, -0.2) is 0 Å². The second kappa shape index (κ2) is 5.93. The first-order chi connectivity index (χ1) is 9.75. The van der Waals surface area contributed by atoms with Crippen molar-refractivity contribution in [2.75, 3.05) is 39.4 Å². The lowest BCUT2D eigenvalue weighted by Crippen LogP contribution is -2.47. The van der Waals surface area contributed by atoms with Gasteiger partial charge in [-0.15, -0.1) is 0 Å². The number of H-pyrrole nitrogens is 1. The smallest absolute Gasteiger partial charge is 0.237 e. The van der Waals surface area contributed by atoms with Crippen LogP contribution < -0.4 is 0 Å². The number of likely N-dealkylation sites (tertiary alicyclic amines) is 1. The van der Waals surface area contributed by atoms with Gasteiger partial charge in [-0.3, -0.25) is 14.8 Å². The number of aryl methyl sites for hydroxylation is 1. The molecular weight excluding hydrogens is 256 g/mol. The third kappa shape index (κ3) is 2.71. The van der Waals surface area contributed by atoms with Gasteiger partial charge < -0.3 is 9.64 Å². The summed E-state index contributed by atoms with van der Waals surface area (Å²) in [5, 5.41) is 7.08. The van der Waals surface area contributed by atoms with Crippen LogP contribution in [-0.4, -0.2) is 65.3 Å². The molecule has 1 amide bonds. The van der Waals surface area contributed by atoms with Gasteiger partial charge in [0.2, 0.25) is 5.91 Å². The molecule has 6 heteroatoms.